The van der Waals surface area contributed by atoms with Crippen LogP contribution in [-0.4, -0.2) is 25.3 Å². The average Bonchev–Trinajstić information content (AvgIpc) is 2.64. The summed E-state index contributed by atoms with van der Waals surface area (Å²) in [5.41, 5.74) is 3.95. The summed E-state index contributed by atoms with van der Waals surface area (Å²) in [4.78, 5) is 24.7. The molecule has 0 bridgehead atoms. The van der Waals surface area contributed by atoms with Gasteiger partial charge in [-0.25, -0.2) is 8.78 Å². The van der Waals surface area contributed by atoms with E-state index >= 15 is 0 Å². The molecule has 0 aromatic heterocycles. The summed E-state index contributed by atoms with van der Waals surface area (Å²) in [5, 5.41) is 2.54. The Kier molecular flexibility index (Phi) is 6.66. The molecule has 0 aliphatic rings. The van der Waals surface area contributed by atoms with Gasteiger partial charge in [-0.05, 0) is 43.0 Å². The second-order valence-electron chi connectivity index (χ2n) is 6.34. The minimum Gasteiger partial charge on any atom is -0.496 e. The molecule has 27 heavy (non-hydrogen) atoms. The van der Waals surface area contributed by atoms with Crippen molar-refractivity contribution in [1.82, 2.24) is 5.32 Å². The monoisotopic (exact) mass is 375 g/mol. The molecule has 2 aromatic rings. The molecule has 2 aromatic carbocycles. The molecule has 2 rings (SSSR count). The van der Waals surface area contributed by atoms with Crippen molar-refractivity contribution in [3.8, 4) is 5.75 Å². The number of benzene rings is 2. The Morgan fingerprint density at radius 1 is 1.11 bits per heavy atom. The van der Waals surface area contributed by atoms with Gasteiger partial charge in [0.05, 0.1) is 20.1 Å². The van der Waals surface area contributed by atoms with Gasteiger partial charge in [-0.2, -0.15) is 0 Å². The summed E-state index contributed by atoms with van der Waals surface area (Å²) in [6.45, 7) is 5.77. The number of methoxy groups -OCH3 is 1. The summed E-state index contributed by atoms with van der Waals surface area (Å²) in [5.74, 6) is -2.70. The zero-order valence-corrected chi connectivity index (χ0v) is 15.9. The quantitative estimate of drug-likeness (QED) is 0.751. The highest BCUT2D eigenvalue weighted by atomic mass is 19.2. The van der Waals surface area contributed by atoms with E-state index in [0.717, 1.165) is 28.8 Å². The second kappa shape index (κ2) is 8.75. The molecule has 0 heterocycles. The van der Waals surface area contributed by atoms with Crippen molar-refractivity contribution in [3.63, 3.8) is 0 Å². The van der Waals surface area contributed by atoms with Crippen molar-refractivity contribution in [3.05, 3.63) is 63.7 Å². The Morgan fingerprint density at radius 3 is 2.41 bits per heavy atom. The van der Waals surface area contributed by atoms with Gasteiger partial charge in [0.1, 0.15) is 5.75 Å². The number of halogens is 2. The van der Waals surface area contributed by atoms with Crippen LogP contribution < -0.4 is 10.1 Å². The Balaban J connectivity index is 2.07. The Hall–Kier alpha value is -2.76. The number of aryl methyl sites for hydroxylation is 1. The summed E-state index contributed by atoms with van der Waals surface area (Å²) < 4.78 is 31.7. The maximum Gasteiger partial charge on any atom is 0.224 e. The first-order valence-electron chi connectivity index (χ1n) is 8.69. The lowest BCUT2D eigenvalue weighted by Crippen LogP contribution is -2.31. The molecule has 0 saturated heterocycles. The lowest BCUT2D eigenvalue weighted by molar-refractivity contribution is -0.120. The number of carbonyl (C=O) groups excluding carboxylic acids is 2. The molecule has 0 unspecified atom stereocenters. The van der Waals surface area contributed by atoms with E-state index in [1.165, 1.54) is 7.11 Å². The van der Waals surface area contributed by atoms with Gasteiger partial charge in [0, 0.05) is 17.2 Å². The van der Waals surface area contributed by atoms with E-state index in [1.54, 1.807) is 6.07 Å². The third kappa shape index (κ3) is 4.70. The van der Waals surface area contributed by atoms with Crippen LogP contribution in [0, 0.1) is 25.5 Å². The van der Waals surface area contributed by atoms with Crippen molar-refractivity contribution in [2.75, 3.05) is 13.7 Å². The smallest absolute Gasteiger partial charge is 0.224 e. The van der Waals surface area contributed by atoms with Gasteiger partial charge in [0.15, 0.2) is 17.4 Å². The highest BCUT2D eigenvalue weighted by Crippen LogP contribution is 2.23. The normalized spacial score (nSPS) is 10.6. The SMILES string of the molecule is CCc1c(C(=O)CNC(=O)Cc2cc(F)c(F)cc2OC)ccc(C)c1C. The fourth-order valence-corrected chi connectivity index (χ4v) is 3.00. The van der Waals surface area contributed by atoms with Crippen molar-refractivity contribution in [2.24, 2.45) is 0 Å². The fraction of sp³-hybridized carbons (Fsp3) is 0.333. The molecule has 4 nitrogen and oxygen atoms in total. The van der Waals surface area contributed by atoms with Crippen LogP contribution in [0.15, 0.2) is 24.3 Å². The molecule has 6 heteroatoms. The van der Waals surface area contributed by atoms with E-state index in [4.69, 9.17) is 4.74 Å². The largest absolute Gasteiger partial charge is 0.496 e. The maximum atomic E-state index is 13.4. The third-order valence-electron chi connectivity index (χ3n) is 4.64. The number of hydrogen-bond donors (Lipinski definition) is 1. The van der Waals surface area contributed by atoms with E-state index in [1.807, 2.05) is 26.8 Å². The Labute approximate surface area is 157 Å². The predicted molar refractivity (Wildman–Crippen MR) is 99.2 cm³/mol. The molecule has 1 amide bonds. The number of Topliss-reactive ketones (excluding diaryl/α,β-unsaturated/α-hetero) is 1. The van der Waals surface area contributed by atoms with Gasteiger partial charge in [-0.3, -0.25) is 9.59 Å². The molecular formula is C21H23F2NO3. The van der Waals surface area contributed by atoms with Gasteiger partial charge in [0.25, 0.3) is 0 Å². The minimum atomic E-state index is -1.06. The van der Waals surface area contributed by atoms with Gasteiger partial charge in [-0.1, -0.05) is 19.1 Å². The summed E-state index contributed by atoms with van der Waals surface area (Å²) in [7, 11) is 1.31. The first kappa shape index (κ1) is 20.6. The molecule has 0 aliphatic carbocycles. The molecule has 144 valence electrons. The first-order valence-corrected chi connectivity index (χ1v) is 8.69. The zero-order valence-electron chi connectivity index (χ0n) is 15.9. The highest BCUT2D eigenvalue weighted by molar-refractivity contribution is 6.01. The van der Waals surface area contributed by atoms with Crippen LogP contribution in [-0.2, 0) is 17.6 Å². The van der Waals surface area contributed by atoms with Crippen LogP contribution in [0.4, 0.5) is 8.78 Å². The number of amides is 1. The molecule has 0 aliphatic heterocycles. The van der Waals surface area contributed by atoms with Crippen molar-refractivity contribution in [1.29, 1.82) is 0 Å². The number of ketones is 1. The van der Waals surface area contributed by atoms with E-state index in [-0.39, 0.29) is 30.1 Å². The van der Waals surface area contributed by atoms with Gasteiger partial charge in [-0.15, -0.1) is 0 Å². The molecule has 0 saturated carbocycles. The summed E-state index contributed by atoms with van der Waals surface area (Å²) in [6, 6.07) is 5.48. The second-order valence-corrected chi connectivity index (χ2v) is 6.34. The van der Waals surface area contributed by atoms with Gasteiger partial charge in [0.2, 0.25) is 5.91 Å². The third-order valence-corrected chi connectivity index (χ3v) is 4.64. The number of carbonyl (C=O) groups is 2. The number of hydrogen-bond acceptors (Lipinski definition) is 3. The van der Waals surface area contributed by atoms with Crippen LogP contribution >= 0.6 is 0 Å². The average molecular weight is 375 g/mol. The van der Waals surface area contributed by atoms with Crippen LogP contribution in [0.25, 0.3) is 0 Å². The molecule has 1 N–H and O–H groups in total. The zero-order chi connectivity index (χ0) is 20.1. The van der Waals surface area contributed by atoms with E-state index in [2.05, 4.69) is 5.32 Å². The number of nitrogens with one attached hydrogen (secondary N) is 1. The van der Waals surface area contributed by atoms with E-state index in [9.17, 15) is 18.4 Å². The van der Waals surface area contributed by atoms with Crippen molar-refractivity contribution in [2.45, 2.75) is 33.6 Å². The standard InChI is InChI=1S/C21H23F2NO3/c1-5-15-13(3)12(2)6-7-16(15)19(25)11-24-21(26)9-14-8-17(22)18(23)10-20(14)27-4/h6-8,10H,5,9,11H2,1-4H3,(H,24,26). The van der Waals surface area contributed by atoms with E-state index in [0.29, 0.717) is 12.0 Å². The Bertz CT molecular complexity index is 878. The van der Waals surface area contributed by atoms with Crippen molar-refractivity contribution < 1.29 is 23.1 Å². The van der Waals surface area contributed by atoms with Crippen LogP contribution in [0.5, 0.6) is 5.75 Å². The molecule has 0 atom stereocenters. The highest BCUT2D eigenvalue weighted by Gasteiger charge is 2.17. The Morgan fingerprint density at radius 2 is 1.78 bits per heavy atom. The lowest BCUT2D eigenvalue weighted by Gasteiger charge is -2.13. The predicted octanol–water partition coefficient (Wildman–Crippen LogP) is 3.69. The van der Waals surface area contributed by atoms with Crippen molar-refractivity contribution >= 4 is 11.7 Å². The number of ether oxygens (including phenoxy) is 1. The lowest BCUT2D eigenvalue weighted by atomic mass is 9.93. The maximum absolute atomic E-state index is 13.4. The molecule has 0 radical (unpaired) electrons. The summed E-state index contributed by atoms with van der Waals surface area (Å²) in [6.07, 6.45) is 0.496. The molecular weight excluding hydrogens is 352 g/mol. The first-order chi connectivity index (χ1) is 12.8. The molecule has 0 spiro atoms. The van der Waals surface area contributed by atoms with Gasteiger partial charge >= 0.3 is 0 Å². The summed E-state index contributed by atoms with van der Waals surface area (Å²) >= 11 is 0. The van der Waals surface area contributed by atoms with E-state index < -0.39 is 17.5 Å². The minimum absolute atomic E-state index is 0.0813. The molecule has 0 fully saturated rings. The van der Waals surface area contributed by atoms with Crippen LogP contribution in [0.3, 0.4) is 0 Å². The van der Waals surface area contributed by atoms with Gasteiger partial charge < -0.3 is 10.1 Å². The van der Waals surface area contributed by atoms with Crippen LogP contribution in [0.1, 0.15) is 39.5 Å². The topological polar surface area (TPSA) is 55.4 Å². The fourth-order valence-electron chi connectivity index (χ4n) is 3.00. The van der Waals surface area contributed by atoms with Crippen LogP contribution in [0.2, 0.25) is 0 Å². The number of rotatable bonds is 7.